The summed E-state index contributed by atoms with van der Waals surface area (Å²) < 4.78 is 24.8. The minimum Gasteiger partial charge on any atom is -0.421 e. The van der Waals surface area contributed by atoms with Gasteiger partial charge in [0.1, 0.15) is 11.7 Å². The Kier molecular flexibility index (Phi) is 8.92. The Labute approximate surface area is 303 Å². The third kappa shape index (κ3) is 6.55. The number of carbonyl (C=O) groups excluding carboxylic acids is 1. The summed E-state index contributed by atoms with van der Waals surface area (Å²) in [6.07, 6.45) is 12.8. The lowest BCUT2D eigenvalue weighted by Crippen LogP contribution is -2.59. The van der Waals surface area contributed by atoms with Gasteiger partial charge >= 0.3 is 13.9 Å². The quantitative estimate of drug-likeness (QED) is 0.0859. The van der Waals surface area contributed by atoms with Crippen molar-refractivity contribution in [3.05, 3.63) is 87.2 Å². The molecule has 270 valence electrons. The number of aryl methyl sites for hydroxylation is 1. The number of anilines is 2. The van der Waals surface area contributed by atoms with Gasteiger partial charge in [-0.1, -0.05) is 55.6 Å². The van der Waals surface area contributed by atoms with E-state index in [9.17, 15) is 23.9 Å². The van der Waals surface area contributed by atoms with Gasteiger partial charge in [-0.15, -0.1) is 11.5 Å². The fourth-order valence-corrected chi connectivity index (χ4v) is 7.48. The molecule has 0 radical (unpaired) electrons. The van der Waals surface area contributed by atoms with E-state index in [1.807, 2.05) is 4.68 Å². The van der Waals surface area contributed by atoms with E-state index in [2.05, 4.69) is 51.8 Å². The zero-order chi connectivity index (χ0) is 37.2. The number of ether oxygens (including phenoxy) is 1. The van der Waals surface area contributed by atoms with Crippen molar-refractivity contribution in [2.75, 3.05) is 23.6 Å². The predicted molar refractivity (Wildman–Crippen MR) is 196 cm³/mol. The Bertz CT molecular complexity index is 2380. The number of hydrogen-bond donors (Lipinski definition) is 3. The number of rotatable bonds is 10. The standard InChI is InChI=1S/C36H37ClN7O7P/c1-6-22-17-38-31-27(30(22)39-19-35(2,3)4)12-23(13-28(31)37)44(34(46)50-20-51-52(47,48)49)32(29-18-43(41-40-29)36-14-21(15-36)16-36)25-8-7-9-26-24(25)10-11-42(5)33(26)45/h1,7-13,17-18,21,32H,14-16,19-20H2,2-5H3,(H,38,39)(H2,47,48,49)/t21?,32-,36?/m0/s1. The third-order valence-electron chi connectivity index (χ3n) is 9.73. The average Bonchev–Trinajstić information content (AvgIpc) is 3.50. The van der Waals surface area contributed by atoms with Crippen molar-refractivity contribution in [3.8, 4) is 12.3 Å². The van der Waals surface area contributed by atoms with Crippen LogP contribution in [0.1, 0.15) is 62.9 Å². The second-order valence-corrected chi connectivity index (χ2v) is 16.3. The Morgan fingerprint density at radius 1 is 1.21 bits per heavy atom. The lowest BCUT2D eigenvalue weighted by Gasteiger charge is -2.61. The van der Waals surface area contributed by atoms with Gasteiger partial charge in [0.2, 0.25) is 6.79 Å². The number of phosphoric ester groups is 1. The predicted octanol–water partition coefficient (Wildman–Crippen LogP) is 6.08. The van der Waals surface area contributed by atoms with Gasteiger partial charge in [0.25, 0.3) is 5.56 Å². The number of benzene rings is 2. The molecule has 3 aromatic heterocycles. The van der Waals surface area contributed by atoms with Gasteiger partial charge in [-0.25, -0.2) is 18.6 Å². The first-order valence-electron chi connectivity index (χ1n) is 16.6. The van der Waals surface area contributed by atoms with E-state index < -0.39 is 26.8 Å². The van der Waals surface area contributed by atoms with Crippen molar-refractivity contribution >= 4 is 58.6 Å². The first-order chi connectivity index (χ1) is 24.6. The zero-order valence-corrected chi connectivity index (χ0v) is 30.6. The number of halogens is 1. The van der Waals surface area contributed by atoms with Crippen LogP contribution in [0.2, 0.25) is 5.02 Å². The molecule has 14 nitrogen and oxygen atoms in total. The molecule has 3 saturated carbocycles. The Balaban J connectivity index is 1.47. The molecule has 3 heterocycles. The topological polar surface area (TPSA) is 174 Å². The SMILES string of the molecule is C#Cc1cnc2c(Cl)cc(N(C(=O)OCOP(=O)(O)O)[C@H](c3cn(C45CC(C4)C5)nn3)c3cccc4c(=O)n(C)ccc34)cc2c1NCC(C)(C)C. The van der Waals surface area contributed by atoms with Gasteiger partial charge in [-0.3, -0.25) is 14.7 Å². The van der Waals surface area contributed by atoms with Crippen molar-refractivity contribution in [2.24, 2.45) is 18.4 Å². The van der Waals surface area contributed by atoms with Crippen LogP contribution in [0, 0.1) is 23.7 Å². The van der Waals surface area contributed by atoms with E-state index >= 15 is 0 Å². The van der Waals surface area contributed by atoms with E-state index in [1.54, 1.807) is 56.0 Å². The van der Waals surface area contributed by atoms with Crippen LogP contribution in [0.5, 0.6) is 0 Å². The fourth-order valence-electron chi connectivity index (χ4n) is 7.03. The molecule has 0 aliphatic heterocycles. The van der Waals surface area contributed by atoms with Crippen LogP contribution in [0.4, 0.5) is 16.2 Å². The molecule has 0 spiro atoms. The van der Waals surface area contributed by atoms with E-state index in [1.165, 1.54) is 15.5 Å². The van der Waals surface area contributed by atoms with Crippen LogP contribution in [0.25, 0.3) is 21.7 Å². The van der Waals surface area contributed by atoms with Gasteiger partial charge in [0.15, 0.2) is 0 Å². The van der Waals surface area contributed by atoms with Crippen LogP contribution in [-0.2, 0) is 26.4 Å². The van der Waals surface area contributed by atoms with Crippen LogP contribution in [-0.4, -0.2) is 53.8 Å². The summed E-state index contributed by atoms with van der Waals surface area (Å²) in [6, 6.07) is 9.08. The molecule has 2 aromatic carbocycles. The monoisotopic (exact) mass is 745 g/mol. The summed E-state index contributed by atoms with van der Waals surface area (Å²) in [7, 11) is -3.36. The summed E-state index contributed by atoms with van der Waals surface area (Å²) in [5.41, 5.74) is 1.99. The largest absolute Gasteiger partial charge is 0.472 e. The van der Waals surface area contributed by atoms with Gasteiger partial charge in [-0.05, 0) is 65.8 Å². The van der Waals surface area contributed by atoms with E-state index in [0.29, 0.717) is 56.6 Å². The molecule has 3 aliphatic carbocycles. The molecule has 1 amide bonds. The second kappa shape index (κ2) is 13.0. The van der Waals surface area contributed by atoms with Gasteiger partial charge in [-0.2, -0.15) is 0 Å². The van der Waals surface area contributed by atoms with Crippen LogP contribution in [0.3, 0.4) is 0 Å². The summed E-state index contributed by atoms with van der Waals surface area (Å²) in [5.74, 6) is 3.33. The minimum absolute atomic E-state index is 0.139. The maximum atomic E-state index is 14.4. The van der Waals surface area contributed by atoms with E-state index in [-0.39, 0.29) is 27.2 Å². The highest BCUT2D eigenvalue weighted by Crippen LogP contribution is 2.62. The second-order valence-electron chi connectivity index (χ2n) is 14.7. The number of terminal acetylenes is 1. The molecule has 5 aromatic rings. The fraction of sp³-hybridized carbons (Fsp3) is 0.361. The highest BCUT2D eigenvalue weighted by atomic mass is 35.5. The molecule has 3 fully saturated rings. The molecular formula is C36H37ClN7O7P. The third-order valence-corrected chi connectivity index (χ3v) is 10.5. The number of carbonyl (C=O) groups is 1. The Morgan fingerprint density at radius 3 is 2.62 bits per heavy atom. The van der Waals surface area contributed by atoms with Crippen molar-refractivity contribution in [1.29, 1.82) is 0 Å². The number of nitrogens with one attached hydrogen (secondary N) is 1. The van der Waals surface area contributed by atoms with E-state index in [4.69, 9.17) is 22.8 Å². The summed E-state index contributed by atoms with van der Waals surface area (Å²) >= 11 is 6.93. The summed E-state index contributed by atoms with van der Waals surface area (Å²) in [6.45, 7) is 5.67. The van der Waals surface area contributed by atoms with Gasteiger partial charge in [0, 0.05) is 36.8 Å². The van der Waals surface area contributed by atoms with Crippen molar-refractivity contribution in [2.45, 2.75) is 51.6 Å². The molecule has 0 saturated heterocycles. The number of phosphoric acid groups is 1. The van der Waals surface area contributed by atoms with Crippen LogP contribution >= 0.6 is 19.4 Å². The molecule has 1 atom stereocenters. The van der Waals surface area contributed by atoms with Crippen molar-refractivity contribution in [1.82, 2.24) is 24.5 Å². The Hall–Kier alpha value is -4.77. The lowest BCUT2D eigenvalue weighted by atomic mass is 9.50. The zero-order valence-electron chi connectivity index (χ0n) is 28.9. The molecule has 16 heteroatoms. The number of amides is 1. The highest BCUT2D eigenvalue weighted by molar-refractivity contribution is 7.46. The summed E-state index contributed by atoms with van der Waals surface area (Å²) in [5, 5.41) is 14.2. The molecule has 2 bridgehead atoms. The Morgan fingerprint density at radius 2 is 1.96 bits per heavy atom. The summed E-state index contributed by atoms with van der Waals surface area (Å²) in [4.78, 5) is 52.3. The first-order valence-corrected chi connectivity index (χ1v) is 18.5. The minimum atomic E-state index is -5.01. The average molecular weight is 746 g/mol. The molecule has 52 heavy (non-hydrogen) atoms. The number of nitrogens with zero attached hydrogens (tertiary/aromatic N) is 6. The highest BCUT2D eigenvalue weighted by Gasteiger charge is 2.59. The maximum absolute atomic E-state index is 14.4. The molecule has 3 N–H and O–H groups in total. The normalized spacial score (nSPS) is 18.7. The van der Waals surface area contributed by atoms with Crippen LogP contribution in [0.15, 0.2) is 59.8 Å². The van der Waals surface area contributed by atoms with E-state index in [0.717, 1.165) is 19.3 Å². The number of hydrogen-bond acceptors (Lipinski definition) is 9. The van der Waals surface area contributed by atoms with Crippen molar-refractivity contribution < 1.29 is 28.4 Å². The molecular weight excluding hydrogens is 709 g/mol. The number of fused-ring (bicyclic) bond motifs is 2. The first kappa shape index (κ1) is 35.6. The van der Waals surface area contributed by atoms with Crippen LogP contribution < -0.4 is 15.8 Å². The number of aromatic nitrogens is 5. The van der Waals surface area contributed by atoms with Gasteiger partial charge in [0.05, 0.1) is 39.2 Å². The lowest BCUT2D eigenvalue weighted by molar-refractivity contribution is -0.0989. The maximum Gasteiger partial charge on any atom is 0.472 e. The molecule has 8 rings (SSSR count). The van der Waals surface area contributed by atoms with Crippen molar-refractivity contribution in [3.63, 3.8) is 0 Å². The van der Waals surface area contributed by atoms with Gasteiger partial charge < -0.3 is 24.4 Å². The smallest absolute Gasteiger partial charge is 0.421 e. The number of pyridine rings is 2. The molecule has 0 unspecified atom stereocenters. The molecule has 3 aliphatic rings.